The monoisotopic (exact) mass is 450 g/mol. The molecule has 0 spiro atoms. The molecule has 0 fully saturated rings. The van der Waals surface area contributed by atoms with E-state index in [1.54, 1.807) is 0 Å². The molecule has 1 atom stereocenters. The van der Waals surface area contributed by atoms with E-state index >= 15 is 0 Å². The molecule has 0 heterocycles. The van der Waals surface area contributed by atoms with Gasteiger partial charge in [0.2, 0.25) is 0 Å². The van der Waals surface area contributed by atoms with Gasteiger partial charge in [-0.15, -0.1) is 30.1 Å². The Morgan fingerprint density at radius 3 is 1.80 bits per heavy atom. The van der Waals surface area contributed by atoms with Crippen LogP contribution in [-0.4, -0.2) is 16.1 Å². The van der Waals surface area contributed by atoms with Crippen molar-refractivity contribution in [2.45, 2.75) is 33.6 Å². The second-order valence-corrected chi connectivity index (χ2v) is 11.2. The Kier molecular flexibility index (Phi) is 10.6. The third-order valence-electron chi connectivity index (χ3n) is 4.74. The highest BCUT2D eigenvalue weighted by molar-refractivity contribution is 8.17. The molecule has 0 N–H and O–H groups in total. The molecule has 156 valence electrons. The van der Waals surface area contributed by atoms with Gasteiger partial charge >= 0.3 is 0 Å². The summed E-state index contributed by atoms with van der Waals surface area (Å²) in [6.45, 7) is 3.98. The predicted octanol–water partition coefficient (Wildman–Crippen LogP) is 8.46. The van der Waals surface area contributed by atoms with Gasteiger partial charge in [-0.1, -0.05) is 72.8 Å². The lowest BCUT2D eigenvalue weighted by Crippen LogP contribution is -2.08. The molecule has 0 aliphatic heterocycles. The van der Waals surface area contributed by atoms with Gasteiger partial charge in [-0.25, -0.2) is 0 Å². The summed E-state index contributed by atoms with van der Waals surface area (Å²) in [5.74, 6) is 3.05. The molecule has 3 aromatic carbocycles. The second kappa shape index (κ2) is 13.7. The minimum atomic E-state index is 0.522. The number of hydrogen-bond donors (Lipinski definition) is 0. The summed E-state index contributed by atoms with van der Waals surface area (Å²) in [5, 5.41) is 0. The molecule has 0 nitrogen and oxygen atoms in total. The van der Waals surface area contributed by atoms with Crippen LogP contribution in [0.5, 0.6) is 0 Å². The maximum absolute atomic E-state index is 3.98. The smallest absolute Gasteiger partial charge is 0.0604 e. The number of hydrogen-bond acceptors (Lipinski definition) is 3. The first kappa shape index (κ1) is 23.1. The van der Waals surface area contributed by atoms with E-state index in [1.807, 2.05) is 23.5 Å². The summed E-state index contributed by atoms with van der Waals surface area (Å²) in [4.78, 5) is 2.70. The summed E-state index contributed by atoms with van der Waals surface area (Å²) < 4.78 is 0.522. The molecule has 1 unspecified atom stereocenters. The Morgan fingerprint density at radius 2 is 1.27 bits per heavy atom. The van der Waals surface area contributed by atoms with Gasteiger partial charge in [-0.2, -0.15) is 11.8 Å². The fraction of sp³-hybridized carbons (Fsp3) is 0.259. The average molecular weight is 451 g/mol. The fourth-order valence-electron chi connectivity index (χ4n) is 3.27. The highest BCUT2D eigenvalue weighted by atomic mass is 32.2. The van der Waals surface area contributed by atoms with Crippen LogP contribution in [0.25, 0.3) is 0 Å². The van der Waals surface area contributed by atoms with Gasteiger partial charge in [0.25, 0.3) is 0 Å². The Hall–Kier alpha value is -1.55. The molecular weight excluding hydrogens is 420 g/mol. The van der Waals surface area contributed by atoms with Gasteiger partial charge in [-0.3, -0.25) is 0 Å². The van der Waals surface area contributed by atoms with Crippen molar-refractivity contribution in [3.05, 3.63) is 109 Å². The highest BCUT2D eigenvalue weighted by Crippen LogP contribution is 2.38. The Labute approximate surface area is 195 Å². The summed E-state index contributed by atoms with van der Waals surface area (Å²) in [7, 11) is 0. The van der Waals surface area contributed by atoms with E-state index in [0.717, 1.165) is 12.8 Å². The van der Waals surface area contributed by atoms with E-state index in [0.29, 0.717) is 10.5 Å². The zero-order chi connectivity index (χ0) is 20.9. The fourth-order valence-corrected chi connectivity index (χ4v) is 7.29. The molecule has 0 bridgehead atoms. The third-order valence-corrected chi connectivity index (χ3v) is 8.63. The van der Waals surface area contributed by atoms with Crippen LogP contribution in [0, 0.1) is 5.92 Å². The van der Waals surface area contributed by atoms with Crippen LogP contribution in [0.15, 0.2) is 113 Å². The van der Waals surface area contributed by atoms with Crippen molar-refractivity contribution in [3.8, 4) is 0 Å². The van der Waals surface area contributed by atoms with Gasteiger partial charge in [0, 0.05) is 9.79 Å². The lowest BCUT2D eigenvalue weighted by molar-refractivity contribution is 0.601. The molecular formula is C27H30S3. The van der Waals surface area contributed by atoms with Gasteiger partial charge in [0.1, 0.15) is 0 Å². The zero-order valence-corrected chi connectivity index (χ0v) is 19.8. The molecule has 3 aromatic rings. The number of rotatable bonds is 13. The summed E-state index contributed by atoms with van der Waals surface area (Å²) >= 11 is 6.07. The minimum absolute atomic E-state index is 0.522. The molecule has 0 aliphatic rings. The van der Waals surface area contributed by atoms with E-state index in [-0.39, 0.29) is 0 Å². The SMILES string of the molecule is C=CCC(CSCCC(Sc1ccccc1)Sc1ccccc1)Cc1ccccc1. The van der Waals surface area contributed by atoms with Crippen LogP contribution < -0.4 is 0 Å². The van der Waals surface area contributed by atoms with Crippen LogP contribution in [0.4, 0.5) is 0 Å². The van der Waals surface area contributed by atoms with Crippen LogP contribution >= 0.6 is 35.3 Å². The second-order valence-electron chi connectivity index (χ2n) is 7.24. The normalized spacial score (nSPS) is 12.0. The molecule has 3 rings (SSSR count). The van der Waals surface area contributed by atoms with Crippen LogP contribution in [0.3, 0.4) is 0 Å². The van der Waals surface area contributed by atoms with Gasteiger partial charge in [-0.05, 0) is 66.5 Å². The predicted molar refractivity (Wildman–Crippen MR) is 139 cm³/mol. The van der Waals surface area contributed by atoms with E-state index in [4.69, 9.17) is 0 Å². The van der Waals surface area contributed by atoms with Crippen LogP contribution in [0.2, 0.25) is 0 Å². The third kappa shape index (κ3) is 8.67. The molecule has 0 aromatic heterocycles. The van der Waals surface area contributed by atoms with Crippen molar-refractivity contribution in [1.29, 1.82) is 0 Å². The first-order valence-corrected chi connectivity index (χ1v) is 13.4. The van der Waals surface area contributed by atoms with Crippen molar-refractivity contribution in [2.24, 2.45) is 5.92 Å². The Bertz CT molecular complexity index is 792. The van der Waals surface area contributed by atoms with Crippen molar-refractivity contribution in [3.63, 3.8) is 0 Å². The first-order chi connectivity index (χ1) is 14.8. The van der Waals surface area contributed by atoms with Crippen LogP contribution in [-0.2, 0) is 6.42 Å². The highest BCUT2D eigenvalue weighted by Gasteiger charge is 2.14. The minimum Gasteiger partial charge on any atom is -0.162 e. The topological polar surface area (TPSA) is 0 Å². The lowest BCUT2D eigenvalue weighted by atomic mass is 9.98. The van der Waals surface area contributed by atoms with Crippen LogP contribution in [0.1, 0.15) is 18.4 Å². The quantitative estimate of drug-likeness (QED) is 0.111. The molecule has 0 aliphatic carbocycles. The van der Waals surface area contributed by atoms with Crippen molar-refractivity contribution in [2.75, 3.05) is 11.5 Å². The van der Waals surface area contributed by atoms with E-state index in [1.165, 1.54) is 33.3 Å². The number of benzene rings is 3. The largest absolute Gasteiger partial charge is 0.162 e. The molecule has 30 heavy (non-hydrogen) atoms. The maximum atomic E-state index is 3.98. The molecule has 0 saturated heterocycles. The average Bonchev–Trinajstić information content (AvgIpc) is 2.79. The van der Waals surface area contributed by atoms with Gasteiger partial charge in [0.05, 0.1) is 4.58 Å². The van der Waals surface area contributed by atoms with E-state index < -0.39 is 0 Å². The molecule has 0 radical (unpaired) electrons. The summed E-state index contributed by atoms with van der Waals surface area (Å²) in [5.41, 5.74) is 1.43. The summed E-state index contributed by atoms with van der Waals surface area (Å²) in [6.07, 6.45) is 5.49. The lowest BCUT2D eigenvalue weighted by Gasteiger charge is -2.18. The van der Waals surface area contributed by atoms with Crippen molar-refractivity contribution < 1.29 is 0 Å². The molecule has 0 saturated carbocycles. The summed E-state index contributed by atoms with van der Waals surface area (Å²) in [6, 6.07) is 32.4. The van der Waals surface area contributed by atoms with Crippen molar-refractivity contribution >= 4 is 35.3 Å². The number of allylic oxidation sites excluding steroid dienone is 1. The molecule has 3 heteroatoms. The molecule has 0 amide bonds. The zero-order valence-electron chi connectivity index (χ0n) is 17.4. The standard InChI is InChI=1S/C27H30S3/c1-2-12-24(21-23-13-6-3-7-14-23)22-28-20-19-27(29-25-15-8-4-9-16-25)30-26-17-10-5-11-18-26/h2-11,13-18,24,27H,1,12,19-22H2. The Morgan fingerprint density at radius 1 is 0.733 bits per heavy atom. The van der Waals surface area contributed by atoms with Gasteiger partial charge in [0.15, 0.2) is 0 Å². The number of thioether (sulfide) groups is 3. The van der Waals surface area contributed by atoms with E-state index in [2.05, 4.69) is 115 Å². The van der Waals surface area contributed by atoms with Gasteiger partial charge < -0.3 is 0 Å². The Balaban J connectivity index is 1.51. The maximum Gasteiger partial charge on any atom is 0.0604 e. The van der Waals surface area contributed by atoms with E-state index in [9.17, 15) is 0 Å². The van der Waals surface area contributed by atoms with Crippen molar-refractivity contribution in [1.82, 2.24) is 0 Å². The first-order valence-electron chi connectivity index (χ1n) is 10.5.